The number of carboxylic acids is 1. The molecule has 0 aromatic rings. The van der Waals surface area contributed by atoms with Crippen molar-refractivity contribution >= 4 is 5.97 Å². The third-order valence-corrected chi connectivity index (χ3v) is 1.19. The predicted molar refractivity (Wildman–Crippen MR) is 11.2 cm³/mol. The van der Waals surface area contributed by atoms with E-state index in [1.165, 1.54) is 0 Å². The van der Waals surface area contributed by atoms with Gasteiger partial charge in [0.25, 0.3) is 0 Å². The van der Waals surface area contributed by atoms with Gasteiger partial charge < -0.3 is 0 Å². The predicted octanol–water partition coefficient (Wildman–Crippen LogP) is -1.54. The molecular weight excluding hydrogens is 199 g/mol. The maximum absolute atomic E-state index is 9.53. The number of hydrogen-bond donors (Lipinski definition) is 0. The maximum Gasteiger partial charge on any atom is 1.00 e. The summed E-state index contributed by atoms with van der Waals surface area (Å²) in [4.78, 5) is 9.34. The number of aliphatic carboxylic acids is 1. The molecule has 8 heavy (non-hydrogen) atoms. The van der Waals surface area contributed by atoms with Crippen LogP contribution in [-0.4, -0.2) is 5.97 Å². The maximum atomic E-state index is 9.53. The first-order valence-electron chi connectivity index (χ1n) is 1.52. The Balaban J connectivity index is 0. The van der Waals surface area contributed by atoms with Crippen molar-refractivity contribution < 1.29 is 51.4 Å². The van der Waals surface area contributed by atoms with Crippen LogP contribution in [0.2, 0.25) is 4.73 Å². The van der Waals surface area contributed by atoms with Gasteiger partial charge >= 0.3 is 62.1 Å². The fourth-order valence-electron chi connectivity index (χ4n) is 0.118. The standard InChI is InChI=1S/C2H3O2.Cu.2O.Ti/c1-2(3)4;;;;/h1H2,(H,3,4);;;;/q;+1;;;/p-1. The molecule has 0 unspecified atom stereocenters. The van der Waals surface area contributed by atoms with Crippen molar-refractivity contribution in [3.63, 3.8) is 0 Å². The molecule has 0 aromatic heterocycles. The zero-order valence-corrected chi connectivity index (χ0v) is 6.14. The van der Waals surface area contributed by atoms with E-state index in [2.05, 4.69) is 0 Å². The Morgan fingerprint density at radius 3 is 1.88 bits per heavy atom. The summed E-state index contributed by atoms with van der Waals surface area (Å²) in [5.74, 6) is -1.51. The Hall–Kier alpha value is 0.304. The molecule has 4 nitrogen and oxygen atoms in total. The second-order valence-corrected chi connectivity index (χ2v) is 2.63. The Morgan fingerprint density at radius 2 is 1.88 bits per heavy atom. The zero-order valence-electron chi connectivity index (χ0n) is 3.64. The van der Waals surface area contributed by atoms with Crippen molar-refractivity contribution in [2.75, 3.05) is 0 Å². The van der Waals surface area contributed by atoms with Gasteiger partial charge in [0.05, 0.1) is 0 Å². The minimum absolute atomic E-state index is 0. The second kappa shape index (κ2) is 5.44. The van der Waals surface area contributed by atoms with Gasteiger partial charge in [-0.05, 0) is 0 Å². The molecule has 0 radical (unpaired) electrons. The third kappa shape index (κ3) is 9.57. The van der Waals surface area contributed by atoms with E-state index in [4.69, 9.17) is 0 Å². The molecule has 0 bridgehead atoms. The molecule has 0 aliphatic carbocycles. The van der Waals surface area contributed by atoms with Gasteiger partial charge in [-0.3, -0.25) is 0 Å². The Bertz CT molecular complexity index is 131. The molecule has 0 spiro atoms. The number of rotatable bonds is 2. The topological polar surface area (TPSA) is 74.3 Å². The van der Waals surface area contributed by atoms with Crippen LogP contribution >= 0.6 is 0 Å². The smallest absolute Gasteiger partial charge is 1.00 e. The van der Waals surface area contributed by atoms with Crippen LogP contribution in [0.5, 0.6) is 0 Å². The van der Waals surface area contributed by atoms with Gasteiger partial charge in [0.1, 0.15) is 0 Å². The van der Waals surface area contributed by atoms with Crippen LogP contribution in [0, 0.1) is 0 Å². The fourth-order valence-corrected chi connectivity index (χ4v) is 0.486. The largest absolute Gasteiger partial charge is 1.00 e. The molecular formula is C2H2CuO4Ti. The monoisotopic (exact) mass is 201 g/mol. The van der Waals surface area contributed by atoms with E-state index in [0.717, 1.165) is 0 Å². The average molecular weight is 201 g/mol. The van der Waals surface area contributed by atoms with Crippen LogP contribution < -0.4 is 5.11 Å². The van der Waals surface area contributed by atoms with E-state index in [1.807, 2.05) is 0 Å². The quantitative estimate of drug-likeness (QED) is 0.508. The molecule has 0 aliphatic rings. The van der Waals surface area contributed by atoms with Crippen LogP contribution in [-0.2, 0) is 46.3 Å². The SMILES string of the molecule is O=C([O-])[CH2][Ti](=[O])=[O].[Cu+]. The first-order valence-corrected chi connectivity index (χ1v) is 3.90. The minimum Gasteiger partial charge on any atom is 1.00 e. The van der Waals surface area contributed by atoms with Crippen molar-refractivity contribution in [3.8, 4) is 0 Å². The normalized spacial score (nSPS) is 7.00. The van der Waals surface area contributed by atoms with Crippen molar-refractivity contribution in [2.45, 2.75) is 4.73 Å². The molecule has 0 rings (SSSR count). The van der Waals surface area contributed by atoms with Gasteiger partial charge in [0.2, 0.25) is 0 Å². The van der Waals surface area contributed by atoms with Crippen molar-refractivity contribution in [3.05, 3.63) is 0 Å². The zero-order chi connectivity index (χ0) is 5.86. The van der Waals surface area contributed by atoms with E-state index in [-0.39, 0.29) is 17.1 Å². The Morgan fingerprint density at radius 1 is 1.50 bits per heavy atom. The summed E-state index contributed by atoms with van der Waals surface area (Å²) >= 11 is -3.61. The van der Waals surface area contributed by atoms with Gasteiger partial charge in [-0.15, -0.1) is 0 Å². The summed E-state index contributed by atoms with van der Waals surface area (Å²) in [6.07, 6.45) is 0. The van der Waals surface area contributed by atoms with Gasteiger partial charge in [0.15, 0.2) is 0 Å². The summed E-state index contributed by atoms with van der Waals surface area (Å²) in [6, 6.07) is 0. The van der Waals surface area contributed by atoms with E-state index >= 15 is 0 Å². The number of hydrogen-bond acceptors (Lipinski definition) is 4. The van der Waals surface area contributed by atoms with Crippen molar-refractivity contribution in [1.82, 2.24) is 0 Å². The van der Waals surface area contributed by atoms with Crippen LogP contribution in [0.4, 0.5) is 0 Å². The fraction of sp³-hybridized carbons (Fsp3) is 0.500. The van der Waals surface area contributed by atoms with Crippen molar-refractivity contribution in [1.29, 1.82) is 0 Å². The molecule has 49 valence electrons. The molecule has 0 saturated heterocycles. The molecule has 0 fully saturated rings. The van der Waals surface area contributed by atoms with Crippen LogP contribution in [0.25, 0.3) is 0 Å². The second-order valence-electron chi connectivity index (χ2n) is 0.921. The molecule has 0 amide bonds. The Kier molecular flexibility index (Phi) is 7.58. The molecule has 0 atom stereocenters. The summed E-state index contributed by atoms with van der Waals surface area (Å²) in [7, 11) is 0. The van der Waals surface area contributed by atoms with E-state index in [0.29, 0.717) is 0 Å². The third-order valence-electron chi connectivity index (χ3n) is 0.289. The van der Waals surface area contributed by atoms with Gasteiger partial charge in [0, 0.05) is 0 Å². The van der Waals surface area contributed by atoms with Crippen molar-refractivity contribution in [2.24, 2.45) is 0 Å². The van der Waals surface area contributed by atoms with E-state index in [1.54, 1.807) is 0 Å². The minimum atomic E-state index is -3.61. The number of carbonyl (C=O) groups excluding carboxylic acids is 1. The molecule has 0 heterocycles. The molecule has 0 N–H and O–H groups in total. The van der Waals surface area contributed by atoms with E-state index < -0.39 is 28.5 Å². The van der Waals surface area contributed by atoms with Gasteiger partial charge in [-0.2, -0.15) is 0 Å². The van der Waals surface area contributed by atoms with Crippen LogP contribution in [0.1, 0.15) is 0 Å². The first-order chi connectivity index (χ1) is 3.13. The number of carbonyl (C=O) groups is 1. The average Bonchev–Trinajstić information content (AvgIpc) is 1.27. The molecule has 6 heteroatoms. The van der Waals surface area contributed by atoms with E-state index in [9.17, 15) is 16.6 Å². The van der Waals surface area contributed by atoms with Crippen LogP contribution in [0.15, 0.2) is 0 Å². The summed E-state index contributed by atoms with van der Waals surface area (Å²) < 4.78 is 18.3. The molecule has 0 aromatic carbocycles. The summed E-state index contributed by atoms with van der Waals surface area (Å²) in [5, 5.41) is 9.34. The van der Waals surface area contributed by atoms with Gasteiger partial charge in [-0.25, -0.2) is 0 Å². The summed E-state index contributed by atoms with van der Waals surface area (Å²) in [6.45, 7) is 0. The van der Waals surface area contributed by atoms with Gasteiger partial charge in [-0.1, -0.05) is 0 Å². The Labute approximate surface area is 62.2 Å². The molecule has 0 saturated carbocycles. The first kappa shape index (κ1) is 11.1. The molecule has 0 aliphatic heterocycles. The van der Waals surface area contributed by atoms with Crippen LogP contribution in [0.3, 0.4) is 0 Å². The number of carboxylic acid groups (broad SMARTS) is 1. The summed E-state index contributed by atoms with van der Waals surface area (Å²) in [5.41, 5.74) is 0.